The highest BCUT2D eigenvalue weighted by Gasteiger charge is 2.16. The molecule has 0 rings (SSSR count). The summed E-state index contributed by atoms with van der Waals surface area (Å²) in [6.07, 6.45) is 0. The van der Waals surface area contributed by atoms with Gasteiger partial charge in [-0.1, -0.05) is 22.3 Å². The van der Waals surface area contributed by atoms with Crippen molar-refractivity contribution in [3.05, 3.63) is 0 Å². The van der Waals surface area contributed by atoms with Crippen LogP contribution in [-0.2, 0) is 0 Å². The minimum absolute atomic E-state index is 0. The van der Waals surface area contributed by atoms with E-state index in [1.54, 1.807) is 0 Å². The van der Waals surface area contributed by atoms with Crippen molar-refractivity contribution in [3.8, 4) is 0 Å². The van der Waals surface area contributed by atoms with Crippen LogP contribution in [0.4, 0.5) is 0 Å². The molecule has 22 heteroatoms. The molecule has 448 valence electrons. The van der Waals surface area contributed by atoms with Crippen molar-refractivity contribution >= 4 is 0 Å². The number of hydrogen-bond acceptors (Lipinski definition) is 22. The molecule has 0 amide bonds. The summed E-state index contributed by atoms with van der Waals surface area (Å²) in [6, 6.07) is 0. The molecule has 0 radical (unpaired) electrons. The quantitative estimate of drug-likeness (QED) is 0.0282. The molecule has 0 aliphatic carbocycles. The summed E-state index contributed by atoms with van der Waals surface area (Å²) >= 11 is 0. The van der Waals surface area contributed by atoms with E-state index < -0.39 is 0 Å². The number of nitrogens with zero attached hydrogens (tertiary/aromatic N) is 13. The Bertz CT molecular complexity index is 1050. The monoisotopic (exact) mass is 1060 g/mol. The Labute approximate surface area is 449 Å². The van der Waals surface area contributed by atoms with Crippen molar-refractivity contribution in [1.82, 2.24) is 63.7 Å². The van der Waals surface area contributed by atoms with Crippen molar-refractivity contribution in [2.75, 3.05) is 319 Å². The molecule has 0 aromatic carbocycles. The minimum Gasteiger partial charge on any atom is -0.395 e. The van der Waals surface area contributed by atoms with Gasteiger partial charge in [0.1, 0.15) is 0 Å². The lowest BCUT2D eigenvalue weighted by Crippen LogP contribution is -2.47. The maximum atomic E-state index is 10.00. The van der Waals surface area contributed by atoms with Crippen LogP contribution in [-0.4, -0.2) is 428 Å². The first kappa shape index (κ1) is 81.0. The molecule has 9 N–H and O–H groups in total. The fourth-order valence-corrected chi connectivity index (χ4v) is 7.42. The van der Waals surface area contributed by atoms with Gasteiger partial charge in [0.2, 0.25) is 0 Å². The number of aliphatic hydroxyl groups is 9. The summed E-state index contributed by atoms with van der Waals surface area (Å²) in [6.45, 7) is 26.3. The fourth-order valence-electron chi connectivity index (χ4n) is 7.42. The van der Waals surface area contributed by atoms with E-state index in [1.807, 2.05) is 42.3 Å². The van der Waals surface area contributed by atoms with E-state index in [9.17, 15) is 30.6 Å². The summed E-state index contributed by atoms with van der Waals surface area (Å²) in [7, 11) is 16.3. The third kappa shape index (κ3) is 51.6. The Kier molecular flexibility index (Phi) is 63.6. The first-order chi connectivity index (χ1) is 33.6. The normalized spacial score (nSPS) is 12.1. The molecule has 0 spiro atoms. The zero-order valence-corrected chi connectivity index (χ0v) is 46.1. The van der Waals surface area contributed by atoms with E-state index in [4.69, 9.17) is 15.3 Å². The molecule has 0 unspecified atom stereocenters. The van der Waals surface area contributed by atoms with Crippen molar-refractivity contribution < 1.29 is 46.0 Å². The lowest BCUT2D eigenvalue weighted by molar-refractivity contribution is 0.117. The highest BCUT2D eigenvalue weighted by Crippen LogP contribution is 2.02. The van der Waals surface area contributed by atoms with Crippen LogP contribution in [0.1, 0.15) is 22.3 Å². The van der Waals surface area contributed by atoms with Crippen LogP contribution >= 0.6 is 0 Å². The van der Waals surface area contributed by atoms with Gasteiger partial charge in [-0.05, 0) is 56.4 Å². The van der Waals surface area contributed by atoms with Gasteiger partial charge in [-0.25, -0.2) is 0 Å². The molecule has 0 atom stereocenters. The molecule has 0 aliphatic rings. The second kappa shape index (κ2) is 57.3. The maximum Gasteiger partial charge on any atom is 0.0558 e. The van der Waals surface area contributed by atoms with Crippen LogP contribution in [0.5, 0.6) is 0 Å². The lowest BCUT2D eigenvalue weighted by atomic mass is 10.3. The fraction of sp³-hybridized carbons (Fsp3) is 1.00. The molecular formula is C51H125N13O9. The second-order valence-corrected chi connectivity index (χ2v) is 19.1. The highest BCUT2D eigenvalue weighted by atomic mass is 16.3. The van der Waals surface area contributed by atoms with E-state index >= 15 is 0 Å². The van der Waals surface area contributed by atoms with Gasteiger partial charge in [0.25, 0.3) is 0 Å². The molecule has 0 saturated heterocycles. The molecule has 0 saturated carbocycles. The van der Waals surface area contributed by atoms with Gasteiger partial charge in [0, 0.05) is 203 Å². The average molecular weight is 1060 g/mol. The standard InChI is InChI=1S/C40H93N11O7.C8H20N2O2.3CH4/c1-41(7-8-43(3)27-34-52)9-18-49(31-38-56)19-10-42(2)11-20-50(32-39-57)25-26-51(33-40-58)24-23-48(17-14-46(6)30-37-55)22-21-47(15-12-44(4)28-35-53)16-13-45(5)29-36-54;1-9(5-7-11)3-4-10(2)6-8-12;;;/h52-58H,7-40H2,1-6H3;11-12H,3-8H2,1-2H3;3*1H4. The molecule has 22 nitrogen and oxygen atoms in total. The summed E-state index contributed by atoms with van der Waals surface area (Å²) in [5, 5.41) is 84.2. The van der Waals surface area contributed by atoms with Crippen LogP contribution in [0.2, 0.25) is 0 Å². The number of aliphatic hydroxyl groups excluding tert-OH is 9. The Morgan fingerprint density at radius 2 is 0.247 bits per heavy atom. The van der Waals surface area contributed by atoms with E-state index in [-0.39, 0.29) is 81.7 Å². The van der Waals surface area contributed by atoms with Gasteiger partial charge in [0.05, 0.1) is 59.5 Å². The summed E-state index contributed by atoms with van der Waals surface area (Å²) in [4.78, 5) is 29.2. The molecule has 0 aliphatic heterocycles. The SMILES string of the molecule is C.C.C.CN(CCO)CCN(C)CCN(CCO)CCN(C)CCN(CCO)CCN(CCO)CCN(CCN(C)CCO)CCN(CCN(C)CCO)CCN(C)CCO.CN(CCO)CCN(C)CCO. The first-order valence-electron chi connectivity index (χ1n) is 26.2. The van der Waals surface area contributed by atoms with Gasteiger partial charge in [0.15, 0.2) is 0 Å². The Balaban J connectivity index is -0.000000902. The third-order valence-electron chi connectivity index (χ3n) is 12.9. The molecule has 73 heavy (non-hydrogen) atoms. The first-order valence-corrected chi connectivity index (χ1v) is 26.2. The third-order valence-corrected chi connectivity index (χ3v) is 12.9. The van der Waals surface area contributed by atoms with E-state index in [0.29, 0.717) is 58.9 Å². The largest absolute Gasteiger partial charge is 0.395 e. The van der Waals surface area contributed by atoms with Crippen LogP contribution in [0, 0.1) is 0 Å². The van der Waals surface area contributed by atoms with Gasteiger partial charge < -0.3 is 85.2 Å². The molecule has 0 aromatic heterocycles. The Morgan fingerprint density at radius 3 is 0.384 bits per heavy atom. The molecular weight excluding hydrogens is 939 g/mol. The Morgan fingerprint density at radius 1 is 0.151 bits per heavy atom. The smallest absolute Gasteiger partial charge is 0.0558 e. The van der Waals surface area contributed by atoms with Gasteiger partial charge in [-0.2, -0.15) is 0 Å². The van der Waals surface area contributed by atoms with E-state index in [0.717, 1.165) is 144 Å². The van der Waals surface area contributed by atoms with Gasteiger partial charge in [-0.3, -0.25) is 24.5 Å². The molecule has 0 bridgehead atoms. The number of hydrogen-bond donors (Lipinski definition) is 9. The zero-order valence-electron chi connectivity index (χ0n) is 46.1. The average Bonchev–Trinajstić information content (AvgIpc) is 3.32. The van der Waals surface area contributed by atoms with Crippen molar-refractivity contribution in [1.29, 1.82) is 0 Å². The molecule has 0 heterocycles. The van der Waals surface area contributed by atoms with Crippen LogP contribution in [0.15, 0.2) is 0 Å². The van der Waals surface area contributed by atoms with Crippen molar-refractivity contribution in [3.63, 3.8) is 0 Å². The van der Waals surface area contributed by atoms with E-state index in [1.165, 1.54) is 0 Å². The van der Waals surface area contributed by atoms with Crippen molar-refractivity contribution in [2.45, 2.75) is 22.3 Å². The van der Waals surface area contributed by atoms with Crippen LogP contribution in [0.25, 0.3) is 0 Å². The van der Waals surface area contributed by atoms with Crippen LogP contribution in [0.3, 0.4) is 0 Å². The maximum absolute atomic E-state index is 10.00. The molecule has 0 aromatic rings. The zero-order chi connectivity index (χ0) is 52.8. The predicted octanol–water partition coefficient (Wildman–Crippen LogP) is -4.22. The van der Waals surface area contributed by atoms with E-state index in [2.05, 4.69) is 77.8 Å². The number of likely N-dealkylation sites (N-methyl/N-ethyl adjacent to an activating group) is 8. The van der Waals surface area contributed by atoms with Crippen LogP contribution < -0.4 is 0 Å². The molecule has 0 fully saturated rings. The lowest BCUT2D eigenvalue weighted by Gasteiger charge is -2.33. The van der Waals surface area contributed by atoms with Crippen molar-refractivity contribution in [2.24, 2.45) is 0 Å². The predicted molar refractivity (Wildman–Crippen MR) is 306 cm³/mol. The topological polar surface area (TPSA) is 224 Å². The minimum atomic E-state index is 0. The summed E-state index contributed by atoms with van der Waals surface area (Å²) in [5.41, 5.74) is 0. The number of rotatable bonds is 51. The Hall–Kier alpha value is -0.880. The second-order valence-electron chi connectivity index (χ2n) is 19.1. The van der Waals surface area contributed by atoms with Gasteiger partial charge in [-0.15, -0.1) is 0 Å². The summed E-state index contributed by atoms with van der Waals surface area (Å²) < 4.78 is 0. The highest BCUT2D eigenvalue weighted by molar-refractivity contribution is 4.73. The van der Waals surface area contributed by atoms with Gasteiger partial charge >= 0.3 is 0 Å². The summed E-state index contributed by atoms with van der Waals surface area (Å²) in [5.74, 6) is 0.